The zero-order valence-electron chi connectivity index (χ0n) is 5.72. The van der Waals surface area contributed by atoms with Crippen LogP contribution in [0.1, 0.15) is 26.2 Å². The summed E-state index contributed by atoms with van der Waals surface area (Å²) in [6, 6.07) is 0. The van der Waals surface area contributed by atoms with E-state index in [1.54, 1.807) is 0 Å². The molecule has 0 aromatic carbocycles. The van der Waals surface area contributed by atoms with E-state index in [1.807, 2.05) is 0 Å². The highest BCUT2D eigenvalue weighted by Gasteiger charge is 2.44. The minimum absolute atomic E-state index is 0.112. The highest BCUT2D eigenvalue weighted by molar-refractivity contribution is 4.85. The lowest BCUT2D eigenvalue weighted by molar-refractivity contribution is -0.214. The Labute approximate surface area is 55.1 Å². The van der Waals surface area contributed by atoms with Crippen molar-refractivity contribution in [1.29, 1.82) is 0 Å². The fourth-order valence-corrected chi connectivity index (χ4v) is 1.43. The van der Waals surface area contributed by atoms with Crippen molar-refractivity contribution in [3.63, 3.8) is 0 Å². The van der Waals surface area contributed by atoms with Crippen molar-refractivity contribution in [3.8, 4) is 0 Å². The molecule has 52 valence electrons. The molecule has 0 radical (unpaired) electrons. The summed E-state index contributed by atoms with van der Waals surface area (Å²) in [7, 11) is 0. The smallest absolute Gasteiger partial charge is 0.168 e. The first kappa shape index (κ1) is 5.69. The Morgan fingerprint density at radius 2 is 2.22 bits per heavy atom. The molecule has 0 N–H and O–H groups in total. The Morgan fingerprint density at radius 1 is 1.44 bits per heavy atom. The molecule has 2 heteroatoms. The quantitative estimate of drug-likeness (QED) is 0.489. The van der Waals surface area contributed by atoms with Crippen LogP contribution in [0.15, 0.2) is 0 Å². The van der Waals surface area contributed by atoms with Crippen molar-refractivity contribution in [2.45, 2.75) is 38.1 Å². The molecule has 2 aliphatic rings. The Kier molecular flexibility index (Phi) is 1.08. The van der Waals surface area contributed by atoms with Gasteiger partial charge in [-0.15, -0.1) is 0 Å². The van der Waals surface area contributed by atoms with Gasteiger partial charge >= 0.3 is 0 Å². The van der Waals surface area contributed by atoms with Gasteiger partial charge in [0.05, 0.1) is 12.7 Å². The summed E-state index contributed by atoms with van der Waals surface area (Å²) in [6.07, 6.45) is 3.81. The molecule has 1 aliphatic carbocycles. The van der Waals surface area contributed by atoms with Crippen LogP contribution < -0.4 is 0 Å². The van der Waals surface area contributed by atoms with Gasteiger partial charge in [0, 0.05) is 12.8 Å². The molecule has 0 unspecified atom stereocenters. The zero-order valence-corrected chi connectivity index (χ0v) is 5.72. The molecular weight excluding hydrogens is 116 g/mol. The molecule has 0 aromatic heterocycles. The largest absolute Gasteiger partial charge is 0.347 e. The molecule has 1 heterocycles. The molecule has 0 amide bonds. The number of hydrogen-bond acceptors (Lipinski definition) is 2. The van der Waals surface area contributed by atoms with Gasteiger partial charge < -0.3 is 9.47 Å². The van der Waals surface area contributed by atoms with Crippen LogP contribution >= 0.6 is 0 Å². The van der Waals surface area contributed by atoms with Crippen LogP contribution in [0.5, 0.6) is 0 Å². The maximum Gasteiger partial charge on any atom is 0.168 e. The zero-order chi connectivity index (χ0) is 6.32. The molecule has 1 saturated heterocycles. The van der Waals surface area contributed by atoms with Gasteiger partial charge in [-0.1, -0.05) is 0 Å². The number of rotatable bonds is 0. The van der Waals surface area contributed by atoms with E-state index in [4.69, 9.17) is 9.47 Å². The van der Waals surface area contributed by atoms with Gasteiger partial charge in [-0.2, -0.15) is 0 Å². The van der Waals surface area contributed by atoms with Gasteiger partial charge in [0.2, 0.25) is 0 Å². The molecular formula is C7H12O2. The van der Waals surface area contributed by atoms with Gasteiger partial charge in [-0.25, -0.2) is 0 Å². The van der Waals surface area contributed by atoms with Gasteiger partial charge in [0.25, 0.3) is 0 Å². The van der Waals surface area contributed by atoms with Crippen molar-refractivity contribution in [2.75, 3.05) is 6.61 Å². The maximum atomic E-state index is 5.56. The standard InChI is InChI=1S/C7H12O2/c1-6-5-8-7(9-6)3-2-4-7/h6H,2-5H2,1H3/t6-/m0/s1. The summed E-state index contributed by atoms with van der Waals surface area (Å²) in [5.41, 5.74) is 0. The molecule has 1 atom stereocenters. The molecule has 1 aliphatic heterocycles. The fraction of sp³-hybridized carbons (Fsp3) is 1.00. The summed E-state index contributed by atoms with van der Waals surface area (Å²) in [6.45, 7) is 2.85. The van der Waals surface area contributed by atoms with Crippen LogP contribution in [-0.2, 0) is 9.47 Å². The first-order chi connectivity index (χ1) is 4.31. The van der Waals surface area contributed by atoms with E-state index in [0.29, 0.717) is 6.10 Å². The molecule has 0 bridgehead atoms. The van der Waals surface area contributed by atoms with Crippen molar-refractivity contribution in [1.82, 2.24) is 0 Å². The summed E-state index contributed by atoms with van der Waals surface area (Å²) < 4.78 is 11.0. The number of ether oxygens (including phenoxy) is 2. The van der Waals surface area contributed by atoms with E-state index in [0.717, 1.165) is 19.4 Å². The van der Waals surface area contributed by atoms with Crippen molar-refractivity contribution in [2.24, 2.45) is 0 Å². The summed E-state index contributed by atoms with van der Waals surface area (Å²) in [4.78, 5) is 0. The van der Waals surface area contributed by atoms with E-state index in [2.05, 4.69) is 6.92 Å². The van der Waals surface area contributed by atoms with Gasteiger partial charge in [0.15, 0.2) is 5.79 Å². The highest BCUT2D eigenvalue weighted by atomic mass is 16.7. The third kappa shape index (κ3) is 0.775. The first-order valence-corrected chi connectivity index (χ1v) is 3.63. The fourth-order valence-electron chi connectivity index (χ4n) is 1.43. The molecule has 9 heavy (non-hydrogen) atoms. The van der Waals surface area contributed by atoms with Crippen LogP contribution in [0.2, 0.25) is 0 Å². The molecule has 1 spiro atoms. The van der Waals surface area contributed by atoms with Crippen LogP contribution in [0.4, 0.5) is 0 Å². The van der Waals surface area contributed by atoms with E-state index >= 15 is 0 Å². The molecule has 2 rings (SSSR count). The maximum absolute atomic E-state index is 5.56. The predicted octanol–water partition coefficient (Wildman–Crippen LogP) is 1.30. The average Bonchev–Trinajstić information content (AvgIpc) is 2.09. The van der Waals surface area contributed by atoms with Gasteiger partial charge in [0.1, 0.15) is 0 Å². The normalized spacial score (nSPS) is 39.0. The highest BCUT2D eigenvalue weighted by Crippen LogP contribution is 2.41. The van der Waals surface area contributed by atoms with Crippen LogP contribution in [0, 0.1) is 0 Å². The molecule has 2 fully saturated rings. The lowest BCUT2D eigenvalue weighted by atomic mass is 9.91. The Balaban J connectivity index is 1.99. The molecule has 0 aromatic rings. The minimum Gasteiger partial charge on any atom is -0.347 e. The van der Waals surface area contributed by atoms with Gasteiger partial charge in [-0.3, -0.25) is 0 Å². The van der Waals surface area contributed by atoms with Crippen LogP contribution in [-0.4, -0.2) is 18.5 Å². The third-order valence-corrected chi connectivity index (χ3v) is 2.11. The van der Waals surface area contributed by atoms with Crippen molar-refractivity contribution in [3.05, 3.63) is 0 Å². The lowest BCUT2D eigenvalue weighted by Gasteiger charge is -2.35. The minimum atomic E-state index is -0.112. The average molecular weight is 128 g/mol. The Morgan fingerprint density at radius 3 is 2.44 bits per heavy atom. The monoisotopic (exact) mass is 128 g/mol. The van der Waals surface area contributed by atoms with E-state index in [9.17, 15) is 0 Å². The number of hydrogen-bond donors (Lipinski definition) is 0. The van der Waals surface area contributed by atoms with Crippen LogP contribution in [0.3, 0.4) is 0 Å². The second-order valence-corrected chi connectivity index (χ2v) is 3.00. The lowest BCUT2D eigenvalue weighted by Crippen LogP contribution is -2.38. The SMILES string of the molecule is C[C@H]1COC2(CCC2)O1. The van der Waals surface area contributed by atoms with E-state index < -0.39 is 0 Å². The predicted molar refractivity (Wildman–Crippen MR) is 33.1 cm³/mol. The molecule has 2 nitrogen and oxygen atoms in total. The first-order valence-electron chi connectivity index (χ1n) is 3.63. The van der Waals surface area contributed by atoms with Crippen LogP contribution in [0.25, 0.3) is 0 Å². The molecule has 1 saturated carbocycles. The summed E-state index contributed by atoms with van der Waals surface area (Å²) in [5, 5.41) is 0. The van der Waals surface area contributed by atoms with Gasteiger partial charge in [-0.05, 0) is 13.3 Å². The topological polar surface area (TPSA) is 18.5 Å². The summed E-state index contributed by atoms with van der Waals surface area (Å²) in [5.74, 6) is -0.112. The second-order valence-electron chi connectivity index (χ2n) is 3.00. The van der Waals surface area contributed by atoms with E-state index in [1.165, 1.54) is 6.42 Å². The van der Waals surface area contributed by atoms with Crippen molar-refractivity contribution >= 4 is 0 Å². The second kappa shape index (κ2) is 1.70. The van der Waals surface area contributed by atoms with Crippen molar-refractivity contribution < 1.29 is 9.47 Å². The summed E-state index contributed by atoms with van der Waals surface area (Å²) >= 11 is 0. The Hall–Kier alpha value is -0.0800. The Bertz CT molecular complexity index is 118. The third-order valence-electron chi connectivity index (χ3n) is 2.11. The van der Waals surface area contributed by atoms with E-state index in [-0.39, 0.29) is 5.79 Å².